The van der Waals surface area contributed by atoms with Gasteiger partial charge < -0.3 is 10.4 Å². The maximum absolute atomic E-state index is 13.4. The van der Waals surface area contributed by atoms with Gasteiger partial charge in [0.1, 0.15) is 12.0 Å². The molecule has 2 aromatic heterocycles. The summed E-state index contributed by atoms with van der Waals surface area (Å²) in [5, 5.41) is 13.2. The van der Waals surface area contributed by atoms with Crippen molar-refractivity contribution in [2.75, 3.05) is 5.32 Å². The molecule has 2 aromatic rings. The largest absolute Gasteiger partial charge is 1.00 e. The Balaban J connectivity index is 0.00000361. The van der Waals surface area contributed by atoms with E-state index in [4.69, 9.17) is 13.2 Å². The second-order valence-electron chi connectivity index (χ2n) is 9.11. The number of rotatable bonds is 9. The van der Waals surface area contributed by atoms with Crippen LogP contribution in [0.4, 0.5) is 10.2 Å². The maximum Gasteiger partial charge on any atom is 1.00 e. The zero-order chi connectivity index (χ0) is 25.3. The third kappa shape index (κ3) is 5.92. The Hall–Kier alpha value is -2.85. The summed E-state index contributed by atoms with van der Waals surface area (Å²) in [5.41, 5.74) is 2.96. The van der Waals surface area contributed by atoms with Gasteiger partial charge in [0, 0.05) is 23.8 Å². The van der Waals surface area contributed by atoms with Gasteiger partial charge in [-0.15, -0.1) is 6.92 Å². The molecule has 1 fully saturated rings. The van der Waals surface area contributed by atoms with Gasteiger partial charge in [0.25, 0.3) is 0 Å². The molecular formula is C28H28FLiN3O3-. The van der Waals surface area contributed by atoms with Gasteiger partial charge in [0.05, 0.1) is 17.1 Å². The van der Waals surface area contributed by atoms with Gasteiger partial charge in [-0.05, 0) is 37.7 Å². The first-order valence-electron chi connectivity index (χ1n) is 11.8. The van der Waals surface area contributed by atoms with E-state index in [1.165, 1.54) is 6.20 Å². The maximum atomic E-state index is 13.4. The summed E-state index contributed by atoms with van der Waals surface area (Å²) >= 11 is 0. The van der Waals surface area contributed by atoms with Gasteiger partial charge in [-0.3, -0.25) is 27.2 Å². The number of carbonyl (C=O) groups excluding carboxylic acids is 2. The number of ketones is 1. The molecule has 3 atom stereocenters. The van der Waals surface area contributed by atoms with Crippen molar-refractivity contribution in [1.29, 1.82) is 0 Å². The smallest absolute Gasteiger partial charge is 0.392 e. The number of hydrogen-bond donors (Lipinski definition) is 2. The monoisotopic (exact) mass is 480 g/mol. The summed E-state index contributed by atoms with van der Waals surface area (Å²) in [7, 11) is 0. The number of amides is 1. The minimum absolute atomic E-state index is 0. The number of carbonyl (C=O) groups is 2. The first kappa shape index (κ1) is 27.7. The van der Waals surface area contributed by atoms with E-state index in [2.05, 4.69) is 15.3 Å². The summed E-state index contributed by atoms with van der Waals surface area (Å²) in [6.45, 7) is 16.0. The molecule has 2 aliphatic carbocycles. The summed E-state index contributed by atoms with van der Waals surface area (Å²) in [6.07, 6.45) is 6.22. The molecule has 182 valence electrons. The number of anilines is 1. The first-order valence-corrected chi connectivity index (χ1v) is 11.8. The van der Waals surface area contributed by atoms with Crippen LogP contribution in [0.1, 0.15) is 62.0 Å². The number of allylic oxidation sites excluding steroid dienone is 4. The van der Waals surface area contributed by atoms with Crippen LogP contribution in [-0.4, -0.2) is 39.0 Å². The first-order chi connectivity index (χ1) is 16.7. The predicted molar refractivity (Wildman–Crippen MR) is 133 cm³/mol. The van der Waals surface area contributed by atoms with Crippen LogP contribution < -0.4 is 24.2 Å². The van der Waals surface area contributed by atoms with Gasteiger partial charge in [-0.25, -0.2) is 32.7 Å². The summed E-state index contributed by atoms with van der Waals surface area (Å²) < 4.78 is 13.2. The summed E-state index contributed by atoms with van der Waals surface area (Å²) in [4.78, 5) is 34.4. The minimum Gasteiger partial charge on any atom is -0.392 e. The average Bonchev–Trinajstić information content (AvgIpc) is 3.34. The third-order valence-corrected chi connectivity index (χ3v) is 6.42. The molecule has 8 heteroatoms. The molecule has 1 amide bonds. The Kier molecular flexibility index (Phi) is 8.83. The van der Waals surface area contributed by atoms with Crippen LogP contribution in [0.2, 0.25) is 0 Å². The van der Waals surface area contributed by atoms with Crippen molar-refractivity contribution >= 4 is 34.0 Å². The summed E-state index contributed by atoms with van der Waals surface area (Å²) in [6, 6.07) is 3.30. The normalized spacial score (nSPS) is 19.8. The van der Waals surface area contributed by atoms with Crippen LogP contribution in [0.5, 0.6) is 0 Å². The van der Waals surface area contributed by atoms with Crippen LogP contribution in [-0.2, 0) is 4.79 Å². The van der Waals surface area contributed by atoms with E-state index in [0.717, 1.165) is 12.8 Å². The van der Waals surface area contributed by atoms with Crippen molar-refractivity contribution in [1.82, 2.24) is 9.97 Å². The van der Waals surface area contributed by atoms with Crippen molar-refractivity contribution in [2.45, 2.75) is 58.2 Å². The third-order valence-electron chi connectivity index (χ3n) is 6.42. The van der Waals surface area contributed by atoms with Crippen LogP contribution >= 0.6 is 0 Å². The SMILES string of the molecule is [CH-]=C(/C(C)=C\C(=[CH-])[C@@H](O)CC)c1cc2cnc(NC(=O)[C@H]3C[C@H]3F)cc2nc1C(=O)C1=CCCC1.[Li+]. The second kappa shape index (κ2) is 11.5. The van der Waals surface area contributed by atoms with E-state index < -0.39 is 24.1 Å². The van der Waals surface area contributed by atoms with E-state index in [-0.39, 0.29) is 48.1 Å². The van der Waals surface area contributed by atoms with Gasteiger partial charge in [0.2, 0.25) is 5.91 Å². The van der Waals surface area contributed by atoms with Crippen molar-refractivity contribution < 1.29 is 37.9 Å². The van der Waals surface area contributed by atoms with Crippen molar-refractivity contribution in [2.24, 2.45) is 5.92 Å². The molecule has 0 spiro atoms. The predicted octanol–water partition coefficient (Wildman–Crippen LogP) is 2.12. The molecule has 0 aliphatic heterocycles. The number of nitrogens with zero attached hydrogens (tertiary/aromatic N) is 2. The molecule has 0 bridgehead atoms. The van der Waals surface area contributed by atoms with Gasteiger partial charge in [-0.1, -0.05) is 24.6 Å². The number of pyridine rings is 2. The fourth-order valence-electron chi connectivity index (χ4n) is 4.07. The molecule has 2 heterocycles. The zero-order valence-corrected chi connectivity index (χ0v) is 20.8. The van der Waals surface area contributed by atoms with E-state index in [1.54, 1.807) is 25.1 Å². The molecule has 2 N–H and O–H groups in total. The molecule has 0 unspecified atom stereocenters. The van der Waals surface area contributed by atoms with E-state index in [0.29, 0.717) is 46.0 Å². The number of alkyl halides is 1. The fourth-order valence-corrected chi connectivity index (χ4v) is 4.07. The van der Waals surface area contributed by atoms with Crippen LogP contribution in [0, 0.1) is 19.1 Å². The quantitative estimate of drug-likeness (QED) is 0.248. The number of hydrogen-bond acceptors (Lipinski definition) is 5. The van der Waals surface area contributed by atoms with E-state index >= 15 is 0 Å². The Labute approximate surface area is 222 Å². The number of aliphatic hydroxyl groups is 1. The Morgan fingerprint density at radius 1 is 1.33 bits per heavy atom. The molecule has 1 saturated carbocycles. The minimum atomic E-state index is -1.11. The fraction of sp³-hybridized carbons (Fsp3) is 0.357. The second-order valence-corrected chi connectivity index (χ2v) is 9.11. The molecular weight excluding hydrogens is 452 g/mol. The van der Waals surface area contributed by atoms with Crippen LogP contribution in [0.3, 0.4) is 0 Å². The van der Waals surface area contributed by atoms with Gasteiger partial charge >= 0.3 is 18.9 Å². The number of aliphatic hydroxyl groups excluding tert-OH is 1. The standard InChI is InChI=1S/C28H28FN3O3.Li/c1-5-24(33)16(3)10-15(2)17(4)20-11-19-14-30-25(32-28(35)21-12-22(21)29)13-23(19)31-26(20)27(34)18-8-6-7-9-18;/h3-4,8,10-11,13-14,21-22,24,33H,5-7,9,12H2,1-2H3,(H,30,32,35);/q-2;+1/b15-10-;/t21-,22+,24-;/m0./s1. The van der Waals surface area contributed by atoms with Gasteiger partial charge in [-0.2, -0.15) is 0 Å². The molecule has 6 nitrogen and oxygen atoms in total. The zero-order valence-electron chi connectivity index (χ0n) is 20.8. The van der Waals surface area contributed by atoms with E-state index in [1.807, 2.05) is 13.0 Å². The summed E-state index contributed by atoms with van der Waals surface area (Å²) in [5.74, 6) is -1.03. The number of halogens is 1. The Morgan fingerprint density at radius 3 is 2.67 bits per heavy atom. The van der Waals surface area contributed by atoms with E-state index in [9.17, 15) is 19.1 Å². The number of Topliss-reactive ketones (excluding diaryl/α,β-unsaturated/α-hetero) is 1. The van der Waals surface area contributed by atoms with Gasteiger partial charge in [0.15, 0.2) is 5.78 Å². The molecule has 4 rings (SSSR count). The molecule has 0 saturated heterocycles. The number of fused-ring (bicyclic) bond motifs is 1. The van der Waals surface area contributed by atoms with Crippen molar-refractivity contribution in [3.8, 4) is 0 Å². The Morgan fingerprint density at radius 2 is 2.06 bits per heavy atom. The van der Waals surface area contributed by atoms with Crippen molar-refractivity contribution in [3.63, 3.8) is 0 Å². The van der Waals surface area contributed by atoms with Crippen molar-refractivity contribution in [3.05, 3.63) is 71.6 Å². The molecule has 2 aliphatic rings. The molecule has 0 radical (unpaired) electrons. The average molecular weight is 480 g/mol. The number of aromatic nitrogens is 2. The topological polar surface area (TPSA) is 92.2 Å². The number of nitrogens with one attached hydrogen (secondary N) is 1. The molecule has 36 heavy (non-hydrogen) atoms. The Bertz CT molecular complexity index is 1300. The molecule has 0 aromatic carbocycles. The van der Waals surface area contributed by atoms with Crippen LogP contribution in [0.15, 0.2) is 47.2 Å². The van der Waals surface area contributed by atoms with Crippen LogP contribution in [0.25, 0.3) is 16.5 Å².